The van der Waals surface area contributed by atoms with E-state index in [0.717, 1.165) is 6.42 Å². The molecule has 1 saturated heterocycles. The summed E-state index contributed by atoms with van der Waals surface area (Å²) < 4.78 is 26.5. The minimum Gasteiger partial charge on any atom is -0.756 e. The van der Waals surface area contributed by atoms with Gasteiger partial charge in [0.2, 0.25) is 0 Å². The van der Waals surface area contributed by atoms with Gasteiger partial charge in [-0.25, -0.2) is 0 Å². The first-order valence-electron chi connectivity index (χ1n) is 6.07. The fourth-order valence-corrected chi connectivity index (χ4v) is 2.96. The zero-order chi connectivity index (χ0) is 13.1. The Balaban J connectivity index is 2.42. The highest BCUT2D eigenvalue weighted by atomic mass is 31.2. The maximum atomic E-state index is 11.4. The second-order valence-corrected chi connectivity index (χ2v) is 6.37. The van der Waals surface area contributed by atoms with Crippen LogP contribution in [0.2, 0.25) is 0 Å². The van der Waals surface area contributed by atoms with Crippen molar-refractivity contribution in [1.29, 1.82) is 0 Å². The number of phosphoric acid groups is 1. The molecule has 1 fully saturated rings. The number of ether oxygens (including phenoxy) is 1. The van der Waals surface area contributed by atoms with Crippen LogP contribution in [-0.4, -0.2) is 25.4 Å². The Morgan fingerprint density at radius 1 is 1.41 bits per heavy atom. The predicted molar refractivity (Wildman–Crippen MR) is 62.5 cm³/mol. The summed E-state index contributed by atoms with van der Waals surface area (Å²) in [6.07, 6.45) is 0.414. The first-order valence-corrected chi connectivity index (χ1v) is 7.53. The standard InChI is InChI=1S/C11H23O5P/c1-8(2)10-5-6-14-11(10)7-15-17(12,13)16-9(3)4/h8-11H,5-7H2,1-4H3,(H,12,13)/p-1/t10?,11-/m1/s1. The highest BCUT2D eigenvalue weighted by molar-refractivity contribution is 7.45. The van der Waals surface area contributed by atoms with Crippen LogP contribution in [0.4, 0.5) is 0 Å². The van der Waals surface area contributed by atoms with Crippen LogP contribution in [0.3, 0.4) is 0 Å². The van der Waals surface area contributed by atoms with Gasteiger partial charge in [0, 0.05) is 6.61 Å². The molecular formula is C11H22O5P-. The van der Waals surface area contributed by atoms with Gasteiger partial charge in [0.25, 0.3) is 7.82 Å². The third-order valence-corrected chi connectivity index (χ3v) is 4.00. The van der Waals surface area contributed by atoms with E-state index in [9.17, 15) is 9.46 Å². The van der Waals surface area contributed by atoms with Crippen LogP contribution in [0.15, 0.2) is 0 Å². The summed E-state index contributed by atoms with van der Waals surface area (Å²) in [5, 5.41) is 0. The van der Waals surface area contributed by atoms with Gasteiger partial charge >= 0.3 is 0 Å². The fourth-order valence-electron chi connectivity index (χ4n) is 2.05. The van der Waals surface area contributed by atoms with E-state index < -0.39 is 13.9 Å². The van der Waals surface area contributed by atoms with Gasteiger partial charge in [0.05, 0.1) is 18.8 Å². The van der Waals surface area contributed by atoms with Crippen LogP contribution in [-0.2, 0) is 18.3 Å². The number of hydrogen-bond acceptors (Lipinski definition) is 5. The van der Waals surface area contributed by atoms with Gasteiger partial charge in [-0.2, -0.15) is 0 Å². The molecule has 1 aliphatic rings. The molecule has 0 aliphatic carbocycles. The number of phosphoric ester groups is 1. The minimum atomic E-state index is -4.19. The molecule has 17 heavy (non-hydrogen) atoms. The maximum absolute atomic E-state index is 11.4. The lowest BCUT2D eigenvalue weighted by Gasteiger charge is -2.28. The quantitative estimate of drug-likeness (QED) is 0.687. The molecule has 0 aromatic rings. The van der Waals surface area contributed by atoms with E-state index in [-0.39, 0.29) is 12.7 Å². The van der Waals surface area contributed by atoms with Crippen molar-refractivity contribution in [2.24, 2.45) is 11.8 Å². The molecule has 0 spiro atoms. The van der Waals surface area contributed by atoms with E-state index in [1.54, 1.807) is 13.8 Å². The van der Waals surface area contributed by atoms with E-state index in [2.05, 4.69) is 13.8 Å². The van der Waals surface area contributed by atoms with Crippen molar-refractivity contribution in [3.8, 4) is 0 Å². The van der Waals surface area contributed by atoms with Crippen molar-refractivity contribution >= 4 is 7.82 Å². The SMILES string of the molecule is CC(C)OP(=O)([O-])OC[C@H]1OCCC1C(C)C. The average molecular weight is 265 g/mol. The van der Waals surface area contributed by atoms with Crippen LogP contribution >= 0.6 is 7.82 Å². The van der Waals surface area contributed by atoms with Crippen molar-refractivity contribution in [2.75, 3.05) is 13.2 Å². The largest absolute Gasteiger partial charge is 0.756 e. The van der Waals surface area contributed by atoms with Gasteiger partial charge in [-0.1, -0.05) is 13.8 Å². The lowest BCUT2D eigenvalue weighted by molar-refractivity contribution is -0.230. The fraction of sp³-hybridized carbons (Fsp3) is 1.00. The van der Waals surface area contributed by atoms with Gasteiger partial charge in [0.1, 0.15) is 0 Å². The monoisotopic (exact) mass is 265 g/mol. The molecule has 1 rings (SSSR count). The Bertz CT molecular complexity index is 279. The first kappa shape index (κ1) is 15.1. The third kappa shape index (κ3) is 5.06. The van der Waals surface area contributed by atoms with Crippen LogP contribution in [0, 0.1) is 11.8 Å². The molecule has 1 heterocycles. The number of rotatable bonds is 6. The van der Waals surface area contributed by atoms with Gasteiger partial charge in [-0.05, 0) is 32.1 Å². The Hall–Kier alpha value is 0.0700. The highest BCUT2D eigenvalue weighted by Gasteiger charge is 2.31. The highest BCUT2D eigenvalue weighted by Crippen LogP contribution is 2.41. The summed E-state index contributed by atoms with van der Waals surface area (Å²) in [4.78, 5) is 11.4. The van der Waals surface area contributed by atoms with Crippen LogP contribution in [0.1, 0.15) is 34.1 Å². The molecule has 2 unspecified atom stereocenters. The smallest absolute Gasteiger partial charge is 0.268 e. The molecule has 0 aromatic heterocycles. The first-order chi connectivity index (χ1) is 7.82. The lowest BCUT2D eigenvalue weighted by Crippen LogP contribution is -2.27. The van der Waals surface area contributed by atoms with Crippen LogP contribution in [0.5, 0.6) is 0 Å². The lowest BCUT2D eigenvalue weighted by atomic mass is 9.90. The summed E-state index contributed by atoms with van der Waals surface area (Å²) in [5.74, 6) is 0.817. The molecule has 5 nitrogen and oxygen atoms in total. The van der Waals surface area contributed by atoms with Crippen molar-refractivity contribution < 1.29 is 23.2 Å². The molecule has 0 N–H and O–H groups in total. The summed E-state index contributed by atoms with van der Waals surface area (Å²) in [7, 11) is -4.19. The van der Waals surface area contributed by atoms with Crippen LogP contribution in [0.25, 0.3) is 0 Å². The Kier molecular flexibility index (Phi) is 5.61. The summed E-state index contributed by atoms with van der Waals surface area (Å²) in [6, 6.07) is 0. The molecular weight excluding hydrogens is 243 g/mol. The molecule has 1 aliphatic heterocycles. The van der Waals surface area contributed by atoms with Crippen molar-refractivity contribution in [1.82, 2.24) is 0 Å². The zero-order valence-electron chi connectivity index (χ0n) is 10.9. The molecule has 6 heteroatoms. The zero-order valence-corrected chi connectivity index (χ0v) is 11.8. The van der Waals surface area contributed by atoms with Crippen molar-refractivity contribution in [3.05, 3.63) is 0 Å². The normalized spacial score (nSPS) is 28.9. The Morgan fingerprint density at radius 2 is 2.06 bits per heavy atom. The van der Waals surface area contributed by atoms with Gasteiger partial charge < -0.3 is 18.7 Å². The Labute approximate surface area is 103 Å². The number of hydrogen-bond donors (Lipinski definition) is 0. The van der Waals surface area contributed by atoms with E-state index in [1.807, 2.05) is 0 Å². The van der Waals surface area contributed by atoms with Gasteiger partial charge in [0.15, 0.2) is 0 Å². The predicted octanol–water partition coefficient (Wildman–Crippen LogP) is 1.96. The van der Waals surface area contributed by atoms with Gasteiger partial charge in [-0.3, -0.25) is 4.57 Å². The summed E-state index contributed by atoms with van der Waals surface area (Å²) in [6.45, 7) is 8.23. The van der Waals surface area contributed by atoms with E-state index >= 15 is 0 Å². The van der Waals surface area contributed by atoms with E-state index in [1.165, 1.54) is 0 Å². The van der Waals surface area contributed by atoms with Crippen molar-refractivity contribution in [3.63, 3.8) is 0 Å². The molecule has 0 aromatic carbocycles. The second-order valence-electron chi connectivity index (χ2n) is 5.00. The van der Waals surface area contributed by atoms with E-state index in [4.69, 9.17) is 13.8 Å². The van der Waals surface area contributed by atoms with Crippen molar-refractivity contribution in [2.45, 2.75) is 46.3 Å². The maximum Gasteiger partial charge on any atom is 0.268 e. The Morgan fingerprint density at radius 3 is 2.59 bits per heavy atom. The third-order valence-electron chi connectivity index (χ3n) is 2.85. The van der Waals surface area contributed by atoms with E-state index in [0.29, 0.717) is 18.4 Å². The molecule has 0 amide bonds. The van der Waals surface area contributed by atoms with Gasteiger partial charge in [-0.15, -0.1) is 0 Å². The summed E-state index contributed by atoms with van der Waals surface area (Å²) in [5.41, 5.74) is 0. The molecule has 102 valence electrons. The molecule has 0 saturated carbocycles. The minimum absolute atomic E-state index is 0.0519. The van der Waals surface area contributed by atoms with Crippen LogP contribution < -0.4 is 4.89 Å². The molecule has 0 radical (unpaired) electrons. The molecule has 0 bridgehead atoms. The average Bonchev–Trinajstić information content (AvgIpc) is 2.60. The second kappa shape index (κ2) is 6.30. The topological polar surface area (TPSA) is 67.8 Å². The molecule has 3 atom stereocenters. The summed E-state index contributed by atoms with van der Waals surface area (Å²) >= 11 is 0.